The van der Waals surface area contributed by atoms with Crippen LogP contribution >= 0.6 is 0 Å². The zero-order chi connectivity index (χ0) is 9.60. The zero-order valence-electron chi connectivity index (χ0n) is 8.59. The van der Waals surface area contributed by atoms with Crippen LogP contribution in [0, 0.1) is 0 Å². The minimum atomic E-state index is 0.321. The molecule has 74 valence electrons. The van der Waals surface area contributed by atoms with Crippen LogP contribution in [0.15, 0.2) is 24.3 Å². The third-order valence-corrected chi connectivity index (χ3v) is 3.52. The number of piperazine rings is 1. The van der Waals surface area contributed by atoms with Crippen molar-refractivity contribution in [2.75, 3.05) is 24.5 Å². The van der Waals surface area contributed by atoms with E-state index in [1.807, 2.05) is 0 Å². The Labute approximate surface area is 84.9 Å². The Hall–Kier alpha value is -1.02. The summed E-state index contributed by atoms with van der Waals surface area (Å²) in [5, 5.41) is 3.49. The van der Waals surface area contributed by atoms with Crippen LogP contribution < -0.4 is 10.2 Å². The normalized spacial score (nSPS) is 29.9. The highest BCUT2D eigenvalue weighted by molar-refractivity contribution is 5.62. The average molecular weight is 188 g/mol. The Kier molecular flexibility index (Phi) is 1.62. The molecule has 2 nitrogen and oxygen atoms in total. The molecule has 0 amide bonds. The van der Waals surface area contributed by atoms with Crippen LogP contribution in [0.2, 0.25) is 0 Å². The van der Waals surface area contributed by atoms with E-state index in [1.165, 1.54) is 17.7 Å². The average Bonchev–Trinajstić information content (AvgIpc) is 2.49. The molecule has 2 aliphatic heterocycles. The van der Waals surface area contributed by atoms with Crippen molar-refractivity contribution >= 4 is 5.69 Å². The topological polar surface area (TPSA) is 15.3 Å². The van der Waals surface area contributed by atoms with E-state index < -0.39 is 0 Å². The predicted molar refractivity (Wildman–Crippen MR) is 58.8 cm³/mol. The second-order valence-corrected chi connectivity index (χ2v) is 4.63. The van der Waals surface area contributed by atoms with Crippen molar-refractivity contribution in [2.45, 2.75) is 18.9 Å². The fraction of sp³-hybridized carbons (Fsp3) is 0.500. The van der Waals surface area contributed by atoms with Crippen molar-refractivity contribution < 1.29 is 0 Å². The van der Waals surface area contributed by atoms with Gasteiger partial charge in [0.05, 0.1) is 5.54 Å². The van der Waals surface area contributed by atoms with E-state index >= 15 is 0 Å². The van der Waals surface area contributed by atoms with Crippen molar-refractivity contribution in [1.82, 2.24) is 5.32 Å². The molecule has 1 aromatic carbocycles. The molecule has 1 aromatic rings. The quantitative estimate of drug-likeness (QED) is 0.662. The standard InChI is InChI=1S/C12H16N2/c1-12-8-10-4-2-3-5-11(10)14(12)7-6-13-9-12/h2-5,13H,6-9H2,1H3. The lowest BCUT2D eigenvalue weighted by Crippen LogP contribution is -2.58. The van der Waals surface area contributed by atoms with E-state index in [0.29, 0.717) is 5.54 Å². The van der Waals surface area contributed by atoms with Gasteiger partial charge in [-0.2, -0.15) is 0 Å². The number of hydrogen-bond donors (Lipinski definition) is 1. The lowest BCUT2D eigenvalue weighted by molar-refractivity contribution is 0.370. The van der Waals surface area contributed by atoms with Crippen molar-refractivity contribution in [3.05, 3.63) is 29.8 Å². The first-order valence-corrected chi connectivity index (χ1v) is 5.36. The molecule has 2 heterocycles. The summed E-state index contributed by atoms with van der Waals surface area (Å²) >= 11 is 0. The minimum Gasteiger partial charge on any atom is -0.363 e. The van der Waals surface area contributed by atoms with Crippen LogP contribution in [0.5, 0.6) is 0 Å². The number of nitrogens with one attached hydrogen (secondary N) is 1. The summed E-state index contributed by atoms with van der Waals surface area (Å²) in [4.78, 5) is 2.57. The third kappa shape index (κ3) is 1.01. The lowest BCUT2D eigenvalue weighted by Gasteiger charge is -2.41. The number of benzene rings is 1. The number of rotatable bonds is 0. The number of nitrogens with zero attached hydrogens (tertiary/aromatic N) is 1. The Morgan fingerprint density at radius 3 is 3.14 bits per heavy atom. The first kappa shape index (κ1) is 8.30. The monoisotopic (exact) mass is 188 g/mol. The Balaban J connectivity index is 2.07. The van der Waals surface area contributed by atoms with Crippen molar-refractivity contribution in [3.8, 4) is 0 Å². The highest BCUT2D eigenvalue weighted by Crippen LogP contribution is 2.38. The van der Waals surface area contributed by atoms with Crippen molar-refractivity contribution in [1.29, 1.82) is 0 Å². The molecule has 0 radical (unpaired) electrons. The summed E-state index contributed by atoms with van der Waals surface area (Å²) < 4.78 is 0. The molecular formula is C12H16N2. The van der Waals surface area contributed by atoms with Crippen LogP contribution in [-0.4, -0.2) is 25.2 Å². The highest BCUT2D eigenvalue weighted by Gasteiger charge is 2.40. The number of hydrogen-bond acceptors (Lipinski definition) is 2. The predicted octanol–water partition coefficient (Wildman–Crippen LogP) is 1.41. The molecule has 0 spiro atoms. The van der Waals surface area contributed by atoms with Gasteiger partial charge in [-0.1, -0.05) is 18.2 Å². The van der Waals surface area contributed by atoms with E-state index in [2.05, 4.69) is 41.4 Å². The smallest absolute Gasteiger partial charge is 0.0539 e. The first-order chi connectivity index (χ1) is 6.80. The Morgan fingerprint density at radius 1 is 1.36 bits per heavy atom. The van der Waals surface area contributed by atoms with Gasteiger partial charge in [0.2, 0.25) is 0 Å². The van der Waals surface area contributed by atoms with Crippen molar-refractivity contribution in [3.63, 3.8) is 0 Å². The summed E-state index contributed by atoms with van der Waals surface area (Å²) in [6.45, 7) is 5.73. The largest absolute Gasteiger partial charge is 0.363 e. The van der Waals surface area contributed by atoms with Gasteiger partial charge in [0.15, 0.2) is 0 Å². The van der Waals surface area contributed by atoms with E-state index in [4.69, 9.17) is 0 Å². The molecule has 0 aromatic heterocycles. The summed E-state index contributed by atoms with van der Waals surface area (Å²) in [5.74, 6) is 0. The van der Waals surface area contributed by atoms with Crippen LogP contribution in [0.4, 0.5) is 5.69 Å². The van der Waals surface area contributed by atoms with Crippen LogP contribution in [0.25, 0.3) is 0 Å². The lowest BCUT2D eigenvalue weighted by atomic mass is 9.95. The molecule has 1 N–H and O–H groups in total. The van der Waals surface area contributed by atoms with E-state index in [0.717, 1.165) is 19.6 Å². The van der Waals surface area contributed by atoms with Gasteiger partial charge in [-0.15, -0.1) is 0 Å². The van der Waals surface area contributed by atoms with Gasteiger partial charge in [0, 0.05) is 25.3 Å². The van der Waals surface area contributed by atoms with Crippen LogP contribution in [0.3, 0.4) is 0 Å². The van der Waals surface area contributed by atoms with Gasteiger partial charge < -0.3 is 10.2 Å². The molecule has 1 atom stereocenters. The SMILES string of the molecule is CC12CNCCN1c1ccccc1C2. The molecule has 1 unspecified atom stereocenters. The molecular weight excluding hydrogens is 172 g/mol. The maximum absolute atomic E-state index is 3.49. The molecule has 0 bridgehead atoms. The van der Waals surface area contributed by atoms with E-state index in [9.17, 15) is 0 Å². The molecule has 1 saturated heterocycles. The van der Waals surface area contributed by atoms with Gasteiger partial charge in [-0.25, -0.2) is 0 Å². The molecule has 1 fully saturated rings. The van der Waals surface area contributed by atoms with Gasteiger partial charge >= 0.3 is 0 Å². The maximum Gasteiger partial charge on any atom is 0.0539 e. The molecule has 0 aliphatic carbocycles. The second kappa shape index (κ2) is 2.74. The van der Waals surface area contributed by atoms with E-state index in [-0.39, 0.29) is 0 Å². The van der Waals surface area contributed by atoms with Gasteiger partial charge in [-0.3, -0.25) is 0 Å². The number of anilines is 1. The van der Waals surface area contributed by atoms with Gasteiger partial charge in [0.25, 0.3) is 0 Å². The summed E-state index contributed by atoms with van der Waals surface area (Å²) in [6.07, 6.45) is 1.19. The maximum atomic E-state index is 3.49. The van der Waals surface area contributed by atoms with E-state index in [1.54, 1.807) is 0 Å². The molecule has 2 heteroatoms. The van der Waals surface area contributed by atoms with Gasteiger partial charge in [-0.05, 0) is 25.0 Å². The number of fused-ring (bicyclic) bond motifs is 3. The van der Waals surface area contributed by atoms with Crippen LogP contribution in [-0.2, 0) is 6.42 Å². The summed E-state index contributed by atoms with van der Waals surface area (Å²) in [6, 6.07) is 8.81. The van der Waals surface area contributed by atoms with Crippen LogP contribution in [0.1, 0.15) is 12.5 Å². The molecule has 2 aliphatic rings. The number of para-hydroxylation sites is 1. The Bertz CT molecular complexity index is 361. The fourth-order valence-electron chi connectivity index (χ4n) is 2.82. The minimum absolute atomic E-state index is 0.321. The second-order valence-electron chi connectivity index (χ2n) is 4.63. The molecule has 3 rings (SSSR count). The third-order valence-electron chi connectivity index (χ3n) is 3.52. The van der Waals surface area contributed by atoms with Crippen molar-refractivity contribution in [2.24, 2.45) is 0 Å². The first-order valence-electron chi connectivity index (χ1n) is 5.36. The molecule has 14 heavy (non-hydrogen) atoms. The summed E-state index contributed by atoms with van der Waals surface area (Å²) in [5.41, 5.74) is 3.29. The summed E-state index contributed by atoms with van der Waals surface area (Å²) in [7, 11) is 0. The molecule has 0 saturated carbocycles. The van der Waals surface area contributed by atoms with Gasteiger partial charge in [0.1, 0.15) is 0 Å². The fourth-order valence-corrected chi connectivity index (χ4v) is 2.82. The Morgan fingerprint density at radius 2 is 2.21 bits per heavy atom. The zero-order valence-corrected chi connectivity index (χ0v) is 8.59. The highest BCUT2D eigenvalue weighted by atomic mass is 15.3.